The second kappa shape index (κ2) is 13.6. The minimum atomic E-state index is -1.83. The van der Waals surface area contributed by atoms with E-state index in [2.05, 4.69) is 15.0 Å². The Morgan fingerprint density at radius 3 is 2.29 bits per heavy atom. The molecule has 19 heteroatoms. The number of anilines is 1. The van der Waals surface area contributed by atoms with E-state index in [1.54, 1.807) is 46.3 Å². The van der Waals surface area contributed by atoms with Gasteiger partial charge in [-0.05, 0) is 72.0 Å². The van der Waals surface area contributed by atoms with Crippen LogP contribution in [0.15, 0.2) is 66.7 Å². The van der Waals surface area contributed by atoms with Crippen LogP contribution in [0, 0.1) is 20.2 Å². The monoisotopic (exact) mass is 671 g/mol. The van der Waals surface area contributed by atoms with Gasteiger partial charge in [0.25, 0.3) is 10.2 Å². The number of phenolic OH excluding ortho intramolecular Hbond substituents is 2. The summed E-state index contributed by atoms with van der Waals surface area (Å²) in [4.78, 5) is 54.3. The number of amides is 1. The van der Waals surface area contributed by atoms with Crippen molar-refractivity contribution in [1.82, 2.24) is 0 Å². The molecule has 1 saturated heterocycles. The van der Waals surface area contributed by atoms with Crippen molar-refractivity contribution in [3.05, 3.63) is 92.5 Å². The van der Waals surface area contributed by atoms with E-state index in [0.717, 1.165) is 22.7 Å². The van der Waals surface area contributed by atoms with E-state index < -0.39 is 57.7 Å². The van der Waals surface area contributed by atoms with Crippen LogP contribution in [0.25, 0.3) is 0 Å². The first-order valence-corrected chi connectivity index (χ1v) is 19.7. The summed E-state index contributed by atoms with van der Waals surface area (Å²) in [5.74, 6) is -1.77. The largest absolute Gasteiger partial charge is 0.508 e. The zero-order chi connectivity index (χ0) is 30.4. The lowest BCUT2D eigenvalue weighted by Crippen LogP contribution is -2.29. The lowest BCUT2D eigenvalue weighted by atomic mass is 10.1. The van der Waals surface area contributed by atoms with Crippen LogP contribution in [-0.4, -0.2) is 45.0 Å². The van der Waals surface area contributed by atoms with Crippen molar-refractivity contribution in [2.24, 2.45) is 0 Å². The standard InChI is InChI=1S/C23H19N3O11P2S3/c27-15-2-8-19(9-3-15)39(40)41-38(42-39)18-6-4-16(5-7-18)36-23(30)20-11-14(1-10-21(20)28)24-22(29)12-17(37-26(33)34)13-35-25(31)32/h1-11,17,27-28H,12-13H2,(H,24,29). The molecule has 3 aromatic carbocycles. The van der Waals surface area contributed by atoms with Crippen LogP contribution in [0.5, 0.6) is 17.2 Å². The van der Waals surface area contributed by atoms with Gasteiger partial charge in [-0.2, -0.15) is 0 Å². The number of nitrogens with zero attached hydrogens (tertiary/aromatic N) is 2. The minimum absolute atomic E-state index is 0.0429. The molecule has 0 aliphatic carbocycles. The first-order chi connectivity index (χ1) is 19.9. The van der Waals surface area contributed by atoms with Crippen LogP contribution in [0.3, 0.4) is 0 Å². The van der Waals surface area contributed by atoms with Gasteiger partial charge >= 0.3 is 5.97 Å². The second-order valence-corrected chi connectivity index (χ2v) is 25.0. The third kappa shape index (κ3) is 8.23. The third-order valence-electron chi connectivity index (χ3n) is 5.30. The fraction of sp³-hybridized carbons (Fsp3) is 0.130. The molecule has 42 heavy (non-hydrogen) atoms. The van der Waals surface area contributed by atoms with Gasteiger partial charge in [0.2, 0.25) is 5.91 Å². The van der Waals surface area contributed by atoms with E-state index in [-0.39, 0.29) is 22.7 Å². The summed E-state index contributed by atoms with van der Waals surface area (Å²) in [6, 6.07) is 17.4. The molecule has 0 spiro atoms. The Balaban J connectivity index is 1.35. The lowest BCUT2D eigenvalue weighted by Gasteiger charge is -2.37. The number of hydrogen-bond acceptors (Lipinski definition) is 14. The molecule has 14 nitrogen and oxygen atoms in total. The average Bonchev–Trinajstić information content (AvgIpc) is 2.91. The number of benzene rings is 3. The maximum Gasteiger partial charge on any atom is 0.347 e. The minimum Gasteiger partial charge on any atom is -0.508 e. The van der Waals surface area contributed by atoms with Gasteiger partial charge in [0.05, 0.1) is 17.2 Å². The number of esters is 1. The SMILES string of the molecule is O=C(CC(CO[N+](=O)[O-])O[N+](=O)[O-])Nc1ccc(O)c(C(=O)Oc2ccc(P3SP(=S)(c4ccc(O)cc4)S3)cc2)c1. The molecule has 220 valence electrons. The highest BCUT2D eigenvalue weighted by molar-refractivity contribution is 9.43. The van der Waals surface area contributed by atoms with E-state index in [1.165, 1.54) is 6.07 Å². The fourth-order valence-electron chi connectivity index (χ4n) is 3.41. The summed E-state index contributed by atoms with van der Waals surface area (Å²) in [7, 11) is 0. The molecule has 3 aromatic rings. The van der Waals surface area contributed by atoms with E-state index >= 15 is 0 Å². The number of aromatic hydroxyl groups is 2. The predicted molar refractivity (Wildman–Crippen MR) is 161 cm³/mol. The molecule has 3 N–H and O–H groups in total. The van der Waals surface area contributed by atoms with Gasteiger partial charge in [-0.25, -0.2) is 4.79 Å². The van der Waals surface area contributed by atoms with Gasteiger partial charge in [-0.15, -0.1) is 20.2 Å². The molecule has 1 fully saturated rings. The number of rotatable bonds is 12. The van der Waals surface area contributed by atoms with Crippen molar-refractivity contribution >= 4 is 72.7 Å². The molecule has 1 aliphatic heterocycles. The van der Waals surface area contributed by atoms with Crippen molar-refractivity contribution in [2.75, 3.05) is 11.9 Å². The molecule has 1 atom stereocenters. The molecule has 1 unspecified atom stereocenters. The van der Waals surface area contributed by atoms with Gasteiger partial charge in [0.1, 0.15) is 35.5 Å². The Hall–Kier alpha value is -3.62. The molecule has 0 radical (unpaired) electrons. The number of carbonyl (C=O) groups excluding carboxylic acids is 2. The van der Waals surface area contributed by atoms with Gasteiger partial charge in [0.15, 0.2) is 0 Å². The molecular formula is C23H19N3O11P2S3. The molecule has 1 aliphatic rings. The van der Waals surface area contributed by atoms with Gasteiger partial charge in [-0.3, -0.25) is 4.79 Å². The van der Waals surface area contributed by atoms with Crippen LogP contribution in [0.4, 0.5) is 5.69 Å². The third-order valence-corrected chi connectivity index (χ3v) is 30.4. The quantitative estimate of drug-likeness (QED) is 0.0607. The van der Waals surface area contributed by atoms with Gasteiger partial charge in [-0.1, -0.05) is 33.8 Å². The van der Waals surface area contributed by atoms with Crippen LogP contribution in [0.2, 0.25) is 0 Å². The highest BCUT2D eigenvalue weighted by Gasteiger charge is 2.40. The van der Waals surface area contributed by atoms with Crippen LogP contribution in [0.1, 0.15) is 16.8 Å². The Kier molecular flexibility index (Phi) is 10.1. The van der Waals surface area contributed by atoms with Crippen LogP contribution in [-0.2, 0) is 26.3 Å². The number of ether oxygens (including phenoxy) is 1. The van der Waals surface area contributed by atoms with Crippen molar-refractivity contribution in [1.29, 1.82) is 0 Å². The maximum atomic E-state index is 12.8. The molecule has 1 heterocycles. The summed E-state index contributed by atoms with van der Waals surface area (Å²) < 4.78 is 3.55. The van der Waals surface area contributed by atoms with Gasteiger partial charge < -0.3 is 29.9 Å². The predicted octanol–water partition coefficient (Wildman–Crippen LogP) is 4.48. The van der Waals surface area contributed by atoms with Crippen molar-refractivity contribution in [2.45, 2.75) is 12.5 Å². The number of nitrogens with one attached hydrogen (secondary N) is 1. The average molecular weight is 672 g/mol. The van der Waals surface area contributed by atoms with E-state index in [0.29, 0.717) is 0 Å². The molecule has 1 amide bonds. The molecule has 0 aromatic heterocycles. The summed E-state index contributed by atoms with van der Waals surface area (Å²) in [6.07, 6.45) is -2.86. The Labute approximate surface area is 250 Å². The highest BCUT2D eigenvalue weighted by Crippen LogP contribution is 2.99. The topological polar surface area (TPSA) is 201 Å². The van der Waals surface area contributed by atoms with E-state index in [9.17, 15) is 40.0 Å². The number of phenols is 2. The number of hydrogen-bond donors (Lipinski definition) is 3. The lowest BCUT2D eigenvalue weighted by molar-refractivity contribution is -0.789. The second-order valence-electron chi connectivity index (χ2n) is 8.27. The molecule has 0 bridgehead atoms. The zero-order valence-electron chi connectivity index (χ0n) is 20.9. The molecular weight excluding hydrogens is 652 g/mol. The maximum absolute atomic E-state index is 12.8. The van der Waals surface area contributed by atoms with E-state index in [1.807, 2.05) is 24.3 Å². The zero-order valence-corrected chi connectivity index (χ0v) is 25.2. The Morgan fingerprint density at radius 1 is 1.00 bits per heavy atom. The molecule has 4 rings (SSSR count). The Morgan fingerprint density at radius 2 is 1.67 bits per heavy atom. The highest BCUT2D eigenvalue weighted by atomic mass is 33.7. The van der Waals surface area contributed by atoms with Crippen molar-refractivity contribution in [3.8, 4) is 17.2 Å². The Bertz CT molecular complexity index is 1550. The smallest absolute Gasteiger partial charge is 0.347 e. The van der Waals surface area contributed by atoms with E-state index in [4.69, 9.17) is 16.5 Å². The van der Waals surface area contributed by atoms with Gasteiger partial charge in [0, 0.05) is 11.0 Å². The van der Waals surface area contributed by atoms with Crippen LogP contribution < -0.4 is 20.7 Å². The summed E-state index contributed by atoms with van der Waals surface area (Å²) in [5.41, 5.74) is -0.225. The number of carbonyl (C=O) groups is 2. The van der Waals surface area contributed by atoms with Crippen LogP contribution >= 0.6 is 32.8 Å². The normalized spacial score (nSPS) is 18.1. The summed E-state index contributed by atoms with van der Waals surface area (Å²) in [5, 5.41) is 42.7. The first kappa shape index (κ1) is 31.3. The first-order valence-electron chi connectivity index (χ1n) is 11.5. The molecule has 0 saturated carbocycles. The van der Waals surface area contributed by atoms with Crippen molar-refractivity contribution in [3.63, 3.8) is 0 Å². The fourth-order valence-corrected chi connectivity index (χ4v) is 29.4. The summed E-state index contributed by atoms with van der Waals surface area (Å²) in [6.45, 7) is -0.860. The summed E-state index contributed by atoms with van der Waals surface area (Å²) >= 11 is 9.33. The van der Waals surface area contributed by atoms with Crippen molar-refractivity contribution < 1.29 is 44.4 Å².